The van der Waals surface area contributed by atoms with Gasteiger partial charge >= 0.3 is 0 Å². The number of hydrazine groups is 1. The second kappa shape index (κ2) is 5.17. The van der Waals surface area contributed by atoms with Crippen molar-refractivity contribution in [2.45, 2.75) is 25.7 Å². The average molecular weight is 260 g/mol. The van der Waals surface area contributed by atoms with Gasteiger partial charge in [-0.1, -0.05) is 0 Å². The lowest BCUT2D eigenvalue weighted by Gasteiger charge is -2.16. The number of nitrogens with zero attached hydrogens (tertiary/aromatic N) is 1. The zero-order valence-electron chi connectivity index (χ0n) is 10.9. The van der Waals surface area contributed by atoms with Crippen molar-refractivity contribution in [3.05, 3.63) is 23.9 Å². The second-order valence-corrected chi connectivity index (χ2v) is 5.62. The largest absolute Gasteiger partial charge is 0.352 e. The minimum Gasteiger partial charge on any atom is -0.352 e. The van der Waals surface area contributed by atoms with Crippen LogP contribution < -0.4 is 16.6 Å². The van der Waals surface area contributed by atoms with E-state index in [9.17, 15) is 4.79 Å². The van der Waals surface area contributed by atoms with Crippen molar-refractivity contribution in [1.29, 1.82) is 0 Å². The molecule has 5 nitrogen and oxygen atoms in total. The Labute approximate surface area is 112 Å². The molecule has 0 saturated heterocycles. The fourth-order valence-electron chi connectivity index (χ4n) is 2.73. The van der Waals surface area contributed by atoms with Crippen LogP contribution >= 0.6 is 0 Å². The molecule has 1 heterocycles. The molecule has 2 aliphatic carbocycles. The fourth-order valence-corrected chi connectivity index (χ4v) is 2.73. The predicted octanol–water partition coefficient (Wildman–Crippen LogP) is 1.53. The molecule has 2 aliphatic rings. The zero-order chi connectivity index (χ0) is 13.2. The highest BCUT2D eigenvalue weighted by molar-refractivity contribution is 5.94. The SMILES string of the molecule is NNc1cc(C(=O)NCC(C2CC2)C2CC2)ccn1. The van der Waals surface area contributed by atoms with Crippen LogP contribution in [0, 0.1) is 17.8 Å². The monoisotopic (exact) mass is 260 g/mol. The highest BCUT2D eigenvalue weighted by atomic mass is 16.1. The molecule has 0 spiro atoms. The van der Waals surface area contributed by atoms with Crippen molar-refractivity contribution in [1.82, 2.24) is 10.3 Å². The number of amides is 1. The molecule has 0 bridgehead atoms. The number of carbonyl (C=O) groups excluding carboxylic acids is 1. The molecular formula is C14H20N4O. The van der Waals surface area contributed by atoms with Gasteiger partial charge in [-0.05, 0) is 55.6 Å². The molecule has 0 atom stereocenters. The third-order valence-electron chi connectivity index (χ3n) is 4.12. The van der Waals surface area contributed by atoms with E-state index >= 15 is 0 Å². The van der Waals surface area contributed by atoms with Gasteiger partial charge in [-0.15, -0.1) is 0 Å². The lowest BCUT2D eigenvalue weighted by molar-refractivity contribution is 0.0943. The average Bonchev–Trinajstić information content (AvgIpc) is 3.31. The van der Waals surface area contributed by atoms with Gasteiger partial charge in [0.1, 0.15) is 5.82 Å². The molecule has 2 saturated carbocycles. The number of hydrogen-bond donors (Lipinski definition) is 3. The predicted molar refractivity (Wildman–Crippen MR) is 73.3 cm³/mol. The summed E-state index contributed by atoms with van der Waals surface area (Å²) in [5.74, 6) is 8.16. The van der Waals surface area contributed by atoms with E-state index in [1.807, 2.05) is 0 Å². The maximum absolute atomic E-state index is 12.1. The van der Waals surface area contributed by atoms with Crippen LogP contribution in [0.15, 0.2) is 18.3 Å². The number of rotatable bonds is 6. The summed E-state index contributed by atoms with van der Waals surface area (Å²) in [5.41, 5.74) is 3.06. The number of nitrogens with one attached hydrogen (secondary N) is 2. The van der Waals surface area contributed by atoms with E-state index < -0.39 is 0 Å². The van der Waals surface area contributed by atoms with Crippen LogP contribution in [0.3, 0.4) is 0 Å². The van der Waals surface area contributed by atoms with Crippen molar-refractivity contribution < 1.29 is 4.79 Å². The smallest absolute Gasteiger partial charge is 0.251 e. The van der Waals surface area contributed by atoms with Crippen LogP contribution in [0.1, 0.15) is 36.0 Å². The molecule has 4 N–H and O–H groups in total. The Morgan fingerprint density at radius 2 is 2.05 bits per heavy atom. The van der Waals surface area contributed by atoms with Crippen LogP contribution in [0.25, 0.3) is 0 Å². The van der Waals surface area contributed by atoms with Crippen molar-refractivity contribution in [3.8, 4) is 0 Å². The summed E-state index contributed by atoms with van der Waals surface area (Å²) in [4.78, 5) is 16.1. The Bertz CT molecular complexity index is 456. The Hall–Kier alpha value is -1.62. The third-order valence-corrected chi connectivity index (χ3v) is 4.12. The lowest BCUT2D eigenvalue weighted by Crippen LogP contribution is -2.31. The summed E-state index contributed by atoms with van der Waals surface area (Å²) < 4.78 is 0. The van der Waals surface area contributed by atoms with Crippen LogP contribution in [0.5, 0.6) is 0 Å². The van der Waals surface area contributed by atoms with E-state index in [1.54, 1.807) is 18.3 Å². The van der Waals surface area contributed by atoms with Gasteiger partial charge in [0.2, 0.25) is 0 Å². The van der Waals surface area contributed by atoms with Gasteiger partial charge in [-0.3, -0.25) is 4.79 Å². The van der Waals surface area contributed by atoms with Gasteiger partial charge in [0.05, 0.1) is 0 Å². The van der Waals surface area contributed by atoms with Gasteiger partial charge in [0.15, 0.2) is 0 Å². The molecule has 3 rings (SSSR count). The first-order chi connectivity index (χ1) is 9.28. The van der Waals surface area contributed by atoms with E-state index in [0.717, 1.165) is 18.4 Å². The summed E-state index contributed by atoms with van der Waals surface area (Å²) >= 11 is 0. The number of aromatic nitrogens is 1. The topological polar surface area (TPSA) is 80.0 Å². The van der Waals surface area contributed by atoms with Crippen molar-refractivity contribution >= 4 is 11.7 Å². The van der Waals surface area contributed by atoms with Gasteiger partial charge in [-0.25, -0.2) is 10.8 Å². The van der Waals surface area contributed by atoms with Crippen molar-refractivity contribution in [2.75, 3.05) is 12.0 Å². The standard InChI is InChI=1S/C14H20N4O/c15-18-13-7-11(5-6-16-13)14(19)17-8-12(9-1-2-9)10-3-4-10/h5-7,9-10,12H,1-4,8,15H2,(H,16,18)(H,17,19). The van der Waals surface area contributed by atoms with Crippen LogP contribution in [0.2, 0.25) is 0 Å². The Kier molecular flexibility index (Phi) is 3.38. The van der Waals surface area contributed by atoms with Gasteiger partial charge in [-0.2, -0.15) is 0 Å². The van der Waals surface area contributed by atoms with Crippen LogP contribution in [-0.4, -0.2) is 17.4 Å². The number of anilines is 1. The first-order valence-corrected chi connectivity index (χ1v) is 6.99. The zero-order valence-corrected chi connectivity index (χ0v) is 10.9. The van der Waals surface area contributed by atoms with Gasteiger partial charge in [0, 0.05) is 18.3 Å². The highest BCUT2D eigenvalue weighted by Gasteiger charge is 2.41. The molecule has 102 valence electrons. The Balaban J connectivity index is 1.57. The number of pyridine rings is 1. The summed E-state index contributed by atoms with van der Waals surface area (Å²) in [5, 5.41) is 3.06. The fraction of sp³-hybridized carbons (Fsp3) is 0.571. The summed E-state index contributed by atoms with van der Waals surface area (Å²) in [6, 6.07) is 3.37. The van der Waals surface area contributed by atoms with E-state index in [1.165, 1.54) is 25.7 Å². The second-order valence-electron chi connectivity index (χ2n) is 5.62. The maximum atomic E-state index is 12.1. The van der Waals surface area contributed by atoms with Crippen molar-refractivity contribution in [3.63, 3.8) is 0 Å². The molecule has 2 fully saturated rings. The molecule has 5 heteroatoms. The van der Waals surface area contributed by atoms with E-state index in [4.69, 9.17) is 5.84 Å². The molecule has 0 aliphatic heterocycles. The summed E-state index contributed by atoms with van der Waals surface area (Å²) in [6.07, 6.45) is 6.95. The molecular weight excluding hydrogens is 240 g/mol. The van der Waals surface area contributed by atoms with E-state index in [2.05, 4.69) is 15.7 Å². The third kappa shape index (κ3) is 3.04. The minimum atomic E-state index is -0.0369. The summed E-state index contributed by atoms with van der Waals surface area (Å²) in [6.45, 7) is 0.807. The first kappa shape index (κ1) is 12.4. The van der Waals surface area contributed by atoms with E-state index in [0.29, 0.717) is 17.3 Å². The molecule has 19 heavy (non-hydrogen) atoms. The number of carbonyl (C=O) groups is 1. The quantitative estimate of drug-likeness (QED) is 0.535. The van der Waals surface area contributed by atoms with Gasteiger partial charge in [0.25, 0.3) is 5.91 Å². The number of nitrogens with two attached hydrogens (primary N) is 1. The first-order valence-electron chi connectivity index (χ1n) is 6.99. The Morgan fingerprint density at radius 3 is 2.63 bits per heavy atom. The minimum absolute atomic E-state index is 0.0369. The number of nitrogen functional groups attached to an aromatic ring is 1. The normalized spacial score (nSPS) is 18.4. The highest BCUT2D eigenvalue weighted by Crippen LogP contribution is 2.48. The maximum Gasteiger partial charge on any atom is 0.251 e. The Morgan fingerprint density at radius 1 is 1.37 bits per heavy atom. The van der Waals surface area contributed by atoms with Crippen LogP contribution in [0.4, 0.5) is 5.82 Å². The molecule has 0 radical (unpaired) electrons. The molecule has 0 unspecified atom stereocenters. The summed E-state index contributed by atoms with van der Waals surface area (Å²) in [7, 11) is 0. The molecule has 1 aromatic heterocycles. The van der Waals surface area contributed by atoms with E-state index in [-0.39, 0.29) is 5.91 Å². The van der Waals surface area contributed by atoms with Gasteiger partial charge < -0.3 is 10.7 Å². The van der Waals surface area contributed by atoms with Crippen molar-refractivity contribution in [2.24, 2.45) is 23.6 Å². The lowest BCUT2D eigenvalue weighted by atomic mass is 9.98. The molecule has 1 amide bonds. The molecule has 1 aromatic rings. The number of hydrogen-bond acceptors (Lipinski definition) is 4. The van der Waals surface area contributed by atoms with Crippen LogP contribution in [-0.2, 0) is 0 Å². The molecule has 0 aromatic carbocycles.